The standard InChI is InChI=1S/C15H9F3N2O3/c16-15(17,18)10-6-11(20-14(21)9(10)7-19)8-1-2-12-13(5-8)23-4-3-22-12/h1-2,5-6H,3-4H2,(H,20,21). The fourth-order valence-electron chi connectivity index (χ4n) is 2.26. The monoisotopic (exact) mass is 322 g/mol. The van der Waals surface area contributed by atoms with Crippen LogP contribution in [0.5, 0.6) is 11.5 Å². The van der Waals surface area contributed by atoms with Gasteiger partial charge in [-0.25, -0.2) is 0 Å². The second-order valence-electron chi connectivity index (χ2n) is 4.77. The first kappa shape index (κ1) is 15.0. The second kappa shape index (κ2) is 5.35. The summed E-state index contributed by atoms with van der Waals surface area (Å²) < 4.78 is 49.8. The largest absolute Gasteiger partial charge is 0.486 e. The Morgan fingerprint density at radius 1 is 1.13 bits per heavy atom. The molecule has 1 aliphatic rings. The number of ether oxygens (including phenoxy) is 2. The fourth-order valence-corrected chi connectivity index (χ4v) is 2.26. The maximum atomic E-state index is 13.0. The van der Waals surface area contributed by atoms with Gasteiger partial charge < -0.3 is 14.5 Å². The molecule has 1 N–H and O–H groups in total. The van der Waals surface area contributed by atoms with Crippen molar-refractivity contribution in [1.29, 1.82) is 5.26 Å². The van der Waals surface area contributed by atoms with E-state index in [9.17, 15) is 18.0 Å². The number of aromatic amines is 1. The van der Waals surface area contributed by atoms with Crippen LogP contribution in [-0.2, 0) is 6.18 Å². The van der Waals surface area contributed by atoms with Gasteiger partial charge in [0.1, 0.15) is 24.8 Å². The Bertz CT molecular complexity index is 866. The van der Waals surface area contributed by atoms with Gasteiger partial charge in [0.25, 0.3) is 5.56 Å². The Kier molecular flexibility index (Phi) is 3.48. The van der Waals surface area contributed by atoms with Crippen LogP contribution in [0.2, 0.25) is 0 Å². The van der Waals surface area contributed by atoms with Gasteiger partial charge in [0, 0.05) is 11.3 Å². The van der Waals surface area contributed by atoms with E-state index < -0.39 is 22.9 Å². The Hall–Kier alpha value is -2.95. The van der Waals surface area contributed by atoms with Crippen LogP contribution in [0.25, 0.3) is 11.3 Å². The third-order valence-electron chi connectivity index (χ3n) is 3.30. The number of nitrogens with zero attached hydrogens (tertiary/aromatic N) is 1. The van der Waals surface area contributed by atoms with Gasteiger partial charge in [0.15, 0.2) is 11.5 Å². The van der Waals surface area contributed by atoms with Crippen molar-refractivity contribution in [2.45, 2.75) is 6.18 Å². The number of nitriles is 1. The summed E-state index contributed by atoms with van der Waals surface area (Å²) in [5.74, 6) is 0.861. The summed E-state index contributed by atoms with van der Waals surface area (Å²) in [4.78, 5) is 14.1. The van der Waals surface area contributed by atoms with Gasteiger partial charge in [-0.1, -0.05) is 0 Å². The number of rotatable bonds is 1. The molecule has 5 nitrogen and oxygen atoms in total. The predicted octanol–water partition coefficient (Wildman–Crippen LogP) is 2.70. The van der Waals surface area contributed by atoms with Gasteiger partial charge in [-0.3, -0.25) is 4.79 Å². The van der Waals surface area contributed by atoms with E-state index in [2.05, 4.69) is 4.98 Å². The average Bonchev–Trinajstić information content (AvgIpc) is 2.52. The number of fused-ring (bicyclic) bond motifs is 1. The summed E-state index contributed by atoms with van der Waals surface area (Å²) in [6.45, 7) is 0.715. The molecule has 1 aromatic heterocycles. The molecule has 0 radical (unpaired) electrons. The zero-order valence-electron chi connectivity index (χ0n) is 11.5. The molecule has 3 rings (SSSR count). The van der Waals surface area contributed by atoms with Gasteiger partial charge >= 0.3 is 6.18 Å². The van der Waals surface area contributed by atoms with Crippen LogP contribution in [0.4, 0.5) is 13.2 Å². The normalized spacial score (nSPS) is 13.5. The highest BCUT2D eigenvalue weighted by atomic mass is 19.4. The highest BCUT2D eigenvalue weighted by Crippen LogP contribution is 2.36. The lowest BCUT2D eigenvalue weighted by atomic mass is 10.0. The average molecular weight is 322 g/mol. The summed E-state index contributed by atoms with van der Waals surface area (Å²) in [5.41, 5.74) is -3.06. The van der Waals surface area contributed by atoms with E-state index in [4.69, 9.17) is 14.7 Å². The van der Waals surface area contributed by atoms with Crippen molar-refractivity contribution < 1.29 is 22.6 Å². The van der Waals surface area contributed by atoms with E-state index in [0.717, 1.165) is 6.07 Å². The number of hydrogen-bond donors (Lipinski definition) is 1. The maximum Gasteiger partial charge on any atom is 0.417 e. The molecule has 0 bridgehead atoms. The molecule has 118 valence electrons. The maximum absolute atomic E-state index is 13.0. The minimum Gasteiger partial charge on any atom is -0.486 e. The first-order valence-corrected chi connectivity index (χ1v) is 6.55. The molecule has 0 fully saturated rings. The van der Waals surface area contributed by atoms with E-state index in [1.807, 2.05) is 0 Å². The highest BCUT2D eigenvalue weighted by molar-refractivity contribution is 5.65. The topological polar surface area (TPSA) is 75.1 Å². The molecule has 23 heavy (non-hydrogen) atoms. The number of H-pyrrole nitrogens is 1. The van der Waals surface area contributed by atoms with Crippen LogP contribution in [-0.4, -0.2) is 18.2 Å². The van der Waals surface area contributed by atoms with Gasteiger partial charge in [-0.15, -0.1) is 0 Å². The minimum atomic E-state index is -4.80. The van der Waals surface area contributed by atoms with Crippen LogP contribution in [0.1, 0.15) is 11.1 Å². The highest BCUT2D eigenvalue weighted by Gasteiger charge is 2.35. The molecule has 0 amide bonds. The number of benzene rings is 1. The van der Waals surface area contributed by atoms with Crippen LogP contribution in [0.3, 0.4) is 0 Å². The van der Waals surface area contributed by atoms with E-state index in [1.54, 1.807) is 6.07 Å². The number of halogens is 3. The number of pyridine rings is 1. The molecule has 0 atom stereocenters. The van der Waals surface area contributed by atoms with Gasteiger partial charge in [-0.05, 0) is 24.3 Å². The Morgan fingerprint density at radius 3 is 2.48 bits per heavy atom. The molecule has 8 heteroatoms. The van der Waals surface area contributed by atoms with Crippen molar-refractivity contribution in [1.82, 2.24) is 4.98 Å². The molecule has 1 aliphatic heterocycles. The summed E-state index contributed by atoms with van der Waals surface area (Å²) in [5, 5.41) is 8.78. The summed E-state index contributed by atoms with van der Waals surface area (Å²) >= 11 is 0. The molecule has 2 heterocycles. The van der Waals surface area contributed by atoms with E-state index >= 15 is 0 Å². The predicted molar refractivity (Wildman–Crippen MR) is 73.2 cm³/mol. The Balaban J connectivity index is 2.16. The van der Waals surface area contributed by atoms with Crippen LogP contribution < -0.4 is 15.0 Å². The van der Waals surface area contributed by atoms with E-state index in [0.29, 0.717) is 30.3 Å². The lowest BCUT2D eigenvalue weighted by Crippen LogP contribution is -2.20. The minimum absolute atomic E-state index is 0.0571. The summed E-state index contributed by atoms with van der Waals surface area (Å²) in [7, 11) is 0. The van der Waals surface area contributed by atoms with E-state index in [-0.39, 0.29) is 5.69 Å². The molecule has 0 saturated heterocycles. The van der Waals surface area contributed by atoms with Crippen LogP contribution in [0, 0.1) is 11.3 Å². The van der Waals surface area contributed by atoms with Crippen molar-refractivity contribution in [3.63, 3.8) is 0 Å². The van der Waals surface area contributed by atoms with Crippen molar-refractivity contribution in [3.05, 3.63) is 45.7 Å². The van der Waals surface area contributed by atoms with Crippen molar-refractivity contribution in [2.75, 3.05) is 13.2 Å². The Labute approximate surface area is 127 Å². The smallest absolute Gasteiger partial charge is 0.417 e. The second-order valence-corrected chi connectivity index (χ2v) is 4.77. The van der Waals surface area contributed by atoms with Crippen molar-refractivity contribution >= 4 is 0 Å². The fraction of sp³-hybridized carbons (Fsp3) is 0.200. The molecule has 0 spiro atoms. The number of aromatic nitrogens is 1. The van der Waals surface area contributed by atoms with E-state index in [1.165, 1.54) is 18.2 Å². The number of hydrogen-bond acceptors (Lipinski definition) is 4. The third kappa shape index (κ3) is 2.73. The zero-order valence-corrected chi connectivity index (χ0v) is 11.5. The van der Waals surface area contributed by atoms with Crippen molar-refractivity contribution in [2.24, 2.45) is 0 Å². The molecule has 1 aromatic carbocycles. The molecule has 2 aromatic rings. The first-order chi connectivity index (χ1) is 10.9. The summed E-state index contributed by atoms with van der Waals surface area (Å²) in [6.07, 6.45) is -4.80. The first-order valence-electron chi connectivity index (χ1n) is 6.55. The van der Waals surface area contributed by atoms with Crippen LogP contribution in [0.15, 0.2) is 29.1 Å². The SMILES string of the molecule is N#Cc1c(C(F)(F)F)cc(-c2ccc3c(c2)OCCO3)[nH]c1=O. The molecule has 0 unspecified atom stereocenters. The molecular formula is C15H9F3N2O3. The van der Waals surface area contributed by atoms with Crippen LogP contribution >= 0.6 is 0 Å². The molecule has 0 saturated carbocycles. The van der Waals surface area contributed by atoms with Crippen molar-refractivity contribution in [3.8, 4) is 28.8 Å². The van der Waals surface area contributed by atoms with Gasteiger partial charge in [0.05, 0.1) is 5.56 Å². The lowest BCUT2D eigenvalue weighted by molar-refractivity contribution is -0.137. The summed E-state index contributed by atoms with van der Waals surface area (Å²) in [6, 6.07) is 6.56. The van der Waals surface area contributed by atoms with Gasteiger partial charge in [0.2, 0.25) is 0 Å². The zero-order chi connectivity index (χ0) is 16.6. The third-order valence-corrected chi connectivity index (χ3v) is 3.30. The lowest BCUT2D eigenvalue weighted by Gasteiger charge is -2.19. The quantitative estimate of drug-likeness (QED) is 0.876. The number of alkyl halides is 3. The number of nitrogens with one attached hydrogen (secondary N) is 1. The van der Waals surface area contributed by atoms with Gasteiger partial charge in [-0.2, -0.15) is 18.4 Å². The Morgan fingerprint density at radius 2 is 1.83 bits per heavy atom. The molecule has 0 aliphatic carbocycles. The molecular weight excluding hydrogens is 313 g/mol.